The number of amides is 1. The molecule has 0 fully saturated rings. The van der Waals surface area contributed by atoms with E-state index in [0.29, 0.717) is 33.3 Å². The summed E-state index contributed by atoms with van der Waals surface area (Å²) < 4.78 is 15.7. The Morgan fingerprint density at radius 2 is 1.75 bits per heavy atom. The van der Waals surface area contributed by atoms with E-state index in [1.807, 2.05) is 43.5 Å². The van der Waals surface area contributed by atoms with Crippen LogP contribution in [-0.2, 0) is 0 Å². The molecule has 0 bridgehead atoms. The highest BCUT2D eigenvalue weighted by molar-refractivity contribution is 7.13. The SMILES string of the molecule is Cc1cc(C)n2nc(C(=O)Nc3ccccc3-c3csc(-c4ccccc4F)n3)nc2n1. The number of nitrogens with zero attached hydrogens (tertiary/aromatic N) is 5. The molecule has 0 saturated heterocycles. The Morgan fingerprint density at radius 3 is 2.56 bits per heavy atom. The van der Waals surface area contributed by atoms with E-state index in [2.05, 4.69) is 25.4 Å². The van der Waals surface area contributed by atoms with Gasteiger partial charge in [-0.3, -0.25) is 4.79 Å². The molecule has 0 aliphatic carbocycles. The molecule has 2 aromatic carbocycles. The van der Waals surface area contributed by atoms with Gasteiger partial charge in [0, 0.05) is 27.9 Å². The number of rotatable bonds is 4. The van der Waals surface area contributed by atoms with Gasteiger partial charge in [-0.1, -0.05) is 30.3 Å². The summed E-state index contributed by atoms with van der Waals surface area (Å²) in [7, 11) is 0. The first kappa shape index (κ1) is 20.0. The Hall–Kier alpha value is -3.98. The van der Waals surface area contributed by atoms with E-state index < -0.39 is 5.91 Å². The number of nitrogens with one attached hydrogen (secondary N) is 1. The first-order valence-electron chi connectivity index (χ1n) is 9.82. The van der Waals surface area contributed by atoms with Gasteiger partial charge in [-0.05, 0) is 38.1 Å². The van der Waals surface area contributed by atoms with Gasteiger partial charge in [0.15, 0.2) is 0 Å². The minimum atomic E-state index is -0.454. The fourth-order valence-electron chi connectivity index (χ4n) is 3.41. The molecule has 1 amide bonds. The van der Waals surface area contributed by atoms with Gasteiger partial charge in [0.1, 0.15) is 10.8 Å². The number of benzene rings is 2. The van der Waals surface area contributed by atoms with Crippen LogP contribution in [0.3, 0.4) is 0 Å². The van der Waals surface area contributed by atoms with Crippen molar-refractivity contribution in [3.63, 3.8) is 0 Å². The molecule has 0 atom stereocenters. The summed E-state index contributed by atoms with van der Waals surface area (Å²) in [6.45, 7) is 3.74. The molecule has 3 aromatic heterocycles. The van der Waals surface area contributed by atoms with Crippen LogP contribution < -0.4 is 5.32 Å². The second kappa shape index (κ2) is 7.93. The van der Waals surface area contributed by atoms with Gasteiger partial charge in [0.25, 0.3) is 11.7 Å². The van der Waals surface area contributed by atoms with Crippen LogP contribution >= 0.6 is 11.3 Å². The van der Waals surface area contributed by atoms with Crippen molar-refractivity contribution in [2.45, 2.75) is 13.8 Å². The molecule has 0 unspecified atom stereocenters. The third kappa shape index (κ3) is 3.63. The summed E-state index contributed by atoms with van der Waals surface area (Å²) in [6, 6.07) is 15.7. The molecule has 0 saturated carbocycles. The van der Waals surface area contributed by atoms with Gasteiger partial charge < -0.3 is 5.32 Å². The van der Waals surface area contributed by atoms with Crippen LogP contribution in [0.2, 0.25) is 0 Å². The van der Waals surface area contributed by atoms with Gasteiger partial charge in [0.05, 0.1) is 11.4 Å². The minimum absolute atomic E-state index is 0.0197. The van der Waals surface area contributed by atoms with E-state index in [-0.39, 0.29) is 11.6 Å². The molecular formula is C23H17FN6OS. The zero-order valence-electron chi connectivity index (χ0n) is 17.2. The third-order valence-corrected chi connectivity index (χ3v) is 5.76. The monoisotopic (exact) mass is 444 g/mol. The number of aromatic nitrogens is 5. The van der Waals surface area contributed by atoms with Gasteiger partial charge in [-0.15, -0.1) is 16.4 Å². The summed E-state index contributed by atoms with van der Waals surface area (Å²) in [4.78, 5) is 26.1. The highest BCUT2D eigenvalue weighted by Gasteiger charge is 2.18. The van der Waals surface area contributed by atoms with Crippen molar-refractivity contribution in [2.75, 3.05) is 5.32 Å². The number of carbonyl (C=O) groups is 1. The molecule has 5 rings (SSSR count). The van der Waals surface area contributed by atoms with Crippen LogP contribution in [-0.4, -0.2) is 30.5 Å². The molecule has 32 heavy (non-hydrogen) atoms. The number of aryl methyl sites for hydroxylation is 2. The molecule has 9 heteroatoms. The smallest absolute Gasteiger partial charge is 0.295 e. The fraction of sp³-hybridized carbons (Fsp3) is 0.0870. The molecule has 0 spiro atoms. The largest absolute Gasteiger partial charge is 0.319 e. The van der Waals surface area contributed by atoms with Crippen molar-refractivity contribution >= 4 is 28.7 Å². The van der Waals surface area contributed by atoms with Gasteiger partial charge in [0.2, 0.25) is 5.82 Å². The zero-order chi connectivity index (χ0) is 22.2. The highest BCUT2D eigenvalue weighted by atomic mass is 32.1. The minimum Gasteiger partial charge on any atom is -0.319 e. The molecule has 1 N–H and O–H groups in total. The lowest BCUT2D eigenvalue weighted by molar-refractivity contribution is 0.101. The van der Waals surface area contributed by atoms with Crippen LogP contribution in [0, 0.1) is 19.7 Å². The van der Waals surface area contributed by atoms with Crippen molar-refractivity contribution < 1.29 is 9.18 Å². The van der Waals surface area contributed by atoms with E-state index in [0.717, 1.165) is 11.4 Å². The van der Waals surface area contributed by atoms with Crippen molar-refractivity contribution in [1.29, 1.82) is 0 Å². The Bertz CT molecular complexity index is 1470. The average Bonchev–Trinajstić information content (AvgIpc) is 3.42. The quantitative estimate of drug-likeness (QED) is 0.425. The van der Waals surface area contributed by atoms with E-state index >= 15 is 0 Å². The maximum atomic E-state index is 14.2. The predicted octanol–water partition coefficient (Wildman–Crippen LogP) is 4.92. The average molecular weight is 444 g/mol. The lowest BCUT2D eigenvalue weighted by Crippen LogP contribution is -2.14. The zero-order valence-corrected chi connectivity index (χ0v) is 18.0. The van der Waals surface area contributed by atoms with Crippen LogP contribution in [0.1, 0.15) is 22.0 Å². The second-order valence-corrected chi connectivity index (χ2v) is 8.06. The summed E-state index contributed by atoms with van der Waals surface area (Å²) in [5.74, 6) is -0.391. The van der Waals surface area contributed by atoms with Crippen molar-refractivity contribution in [1.82, 2.24) is 24.6 Å². The molecule has 7 nitrogen and oxygen atoms in total. The lowest BCUT2D eigenvalue weighted by atomic mass is 10.1. The molecule has 3 heterocycles. The maximum absolute atomic E-state index is 14.2. The Labute approximate surface area is 186 Å². The maximum Gasteiger partial charge on any atom is 0.295 e. The van der Waals surface area contributed by atoms with Crippen molar-refractivity contribution in [3.8, 4) is 21.8 Å². The topological polar surface area (TPSA) is 85.1 Å². The first-order valence-corrected chi connectivity index (χ1v) is 10.7. The number of hydrogen-bond donors (Lipinski definition) is 1. The van der Waals surface area contributed by atoms with Crippen molar-refractivity contribution in [2.24, 2.45) is 0 Å². The molecule has 0 aliphatic heterocycles. The number of anilines is 1. The lowest BCUT2D eigenvalue weighted by Gasteiger charge is -2.08. The fourth-order valence-corrected chi connectivity index (χ4v) is 4.26. The number of para-hydroxylation sites is 1. The van der Waals surface area contributed by atoms with E-state index in [1.54, 1.807) is 24.3 Å². The van der Waals surface area contributed by atoms with Crippen LogP contribution in [0.15, 0.2) is 60.0 Å². The standard InChI is InChI=1S/C23H17FN6OS/c1-13-11-14(2)30-23(25-13)28-20(29-30)21(31)26-18-10-6-4-8-16(18)19-12-32-22(27-19)15-7-3-5-9-17(15)24/h3-12H,1-2H3,(H,26,31). The van der Waals surface area contributed by atoms with E-state index in [1.165, 1.54) is 21.9 Å². The van der Waals surface area contributed by atoms with Gasteiger partial charge in [-0.2, -0.15) is 4.98 Å². The molecule has 5 aromatic rings. The number of carbonyl (C=O) groups excluding carboxylic acids is 1. The Morgan fingerprint density at radius 1 is 1.00 bits per heavy atom. The highest BCUT2D eigenvalue weighted by Crippen LogP contribution is 2.33. The summed E-state index contributed by atoms with van der Waals surface area (Å²) in [6.07, 6.45) is 0. The Balaban J connectivity index is 1.46. The normalized spacial score (nSPS) is 11.1. The van der Waals surface area contributed by atoms with E-state index in [4.69, 9.17) is 0 Å². The van der Waals surface area contributed by atoms with Crippen LogP contribution in [0.25, 0.3) is 27.6 Å². The van der Waals surface area contributed by atoms with Gasteiger partial charge >= 0.3 is 0 Å². The van der Waals surface area contributed by atoms with Crippen LogP contribution in [0.4, 0.5) is 10.1 Å². The second-order valence-electron chi connectivity index (χ2n) is 7.20. The predicted molar refractivity (Wildman–Crippen MR) is 121 cm³/mol. The van der Waals surface area contributed by atoms with Gasteiger partial charge in [-0.25, -0.2) is 18.9 Å². The Kier molecular flexibility index (Phi) is 4.95. The molecule has 0 aliphatic rings. The number of thiazole rings is 1. The molecular weight excluding hydrogens is 427 g/mol. The third-order valence-electron chi connectivity index (χ3n) is 4.88. The molecule has 0 radical (unpaired) electrons. The number of hydrogen-bond acceptors (Lipinski definition) is 6. The summed E-state index contributed by atoms with van der Waals surface area (Å²) >= 11 is 1.34. The van der Waals surface area contributed by atoms with E-state index in [9.17, 15) is 9.18 Å². The number of halogens is 1. The first-order chi connectivity index (χ1) is 15.5. The number of fused-ring (bicyclic) bond motifs is 1. The van der Waals surface area contributed by atoms with Crippen molar-refractivity contribution in [3.05, 3.63) is 83.0 Å². The van der Waals surface area contributed by atoms with Crippen LogP contribution in [0.5, 0.6) is 0 Å². The summed E-state index contributed by atoms with van der Waals surface area (Å²) in [5.41, 5.74) is 3.99. The summed E-state index contributed by atoms with van der Waals surface area (Å²) in [5, 5.41) is 9.55. The molecule has 158 valence electrons.